The Morgan fingerprint density at radius 2 is 2.00 bits per heavy atom. The lowest BCUT2D eigenvalue weighted by Gasteiger charge is -2.06. The molecule has 5 heteroatoms. The van der Waals surface area contributed by atoms with Gasteiger partial charge in [-0.15, -0.1) is 0 Å². The molecule has 0 aliphatic carbocycles. The molecule has 3 N–H and O–H groups in total. The molecule has 2 aromatic rings. The highest BCUT2D eigenvalue weighted by Crippen LogP contribution is 2.15. The molecule has 2 rings (SSSR count). The number of anilines is 1. The van der Waals surface area contributed by atoms with E-state index in [2.05, 4.69) is 5.32 Å². The summed E-state index contributed by atoms with van der Waals surface area (Å²) in [6.07, 6.45) is 3.83. The number of hydrogen-bond acceptors (Lipinski definition) is 3. The topological polar surface area (TPSA) is 64.3 Å². The summed E-state index contributed by atoms with van der Waals surface area (Å²) in [7, 11) is 0. The maximum atomic E-state index is 12.9. The molecule has 2 aromatic carbocycles. The lowest BCUT2D eigenvalue weighted by atomic mass is 10.1. The monoisotopic (exact) mass is 314 g/mol. The summed E-state index contributed by atoms with van der Waals surface area (Å²) in [5, 5.41) is 2.66. The molecule has 0 bridgehead atoms. The van der Waals surface area contributed by atoms with E-state index in [4.69, 9.17) is 10.5 Å². The average molecular weight is 314 g/mol. The van der Waals surface area contributed by atoms with Crippen LogP contribution in [-0.4, -0.2) is 12.6 Å². The summed E-state index contributed by atoms with van der Waals surface area (Å²) in [6.45, 7) is 0.694. The Labute approximate surface area is 134 Å². The molecular formula is C18H19FN2O2. The summed E-state index contributed by atoms with van der Waals surface area (Å²) in [6, 6.07) is 13.7. The first-order chi connectivity index (χ1) is 11.1. The smallest absolute Gasteiger partial charge is 0.407 e. The summed E-state index contributed by atoms with van der Waals surface area (Å²) < 4.78 is 18.0. The van der Waals surface area contributed by atoms with Crippen LogP contribution in [0.25, 0.3) is 6.08 Å². The van der Waals surface area contributed by atoms with E-state index < -0.39 is 6.09 Å². The third kappa shape index (κ3) is 5.82. The minimum atomic E-state index is -0.455. The molecule has 0 heterocycles. The van der Waals surface area contributed by atoms with Crippen LogP contribution in [0.5, 0.6) is 0 Å². The molecule has 0 aromatic heterocycles. The van der Waals surface area contributed by atoms with Crippen LogP contribution >= 0.6 is 0 Å². The number of nitrogens with two attached hydrogens (primary N) is 1. The number of carbonyl (C=O) groups is 1. The van der Waals surface area contributed by atoms with Gasteiger partial charge in [-0.2, -0.15) is 0 Å². The predicted octanol–water partition coefficient (Wildman–Crippen LogP) is 3.74. The molecule has 1 amide bonds. The Morgan fingerprint density at radius 3 is 2.74 bits per heavy atom. The molecule has 0 atom stereocenters. The summed E-state index contributed by atoms with van der Waals surface area (Å²) >= 11 is 0. The van der Waals surface area contributed by atoms with Crippen molar-refractivity contribution in [3.8, 4) is 0 Å². The van der Waals surface area contributed by atoms with E-state index in [0.717, 1.165) is 11.1 Å². The number of halogens is 1. The maximum absolute atomic E-state index is 12.9. The van der Waals surface area contributed by atoms with Crippen molar-refractivity contribution in [1.29, 1.82) is 0 Å². The molecule has 0 aliphatic rings. The molecule has 4 nitrogen and oxygen atoms in total. The molecule has 0 fully saturated rings. The number of hydrogen-bond donors (Lipinski definition) is 2. The maximum Gasteiger partial charge on any atom is 0.407 e. The van der Waals surface area contributed by atoms with Gasteiger partial charge < -0.3 is 15.8 Å². The molecule has 0 unspecified atom stereocenters. The van der Waals surface area contributed by atoms with Gasteiger partial charge in [-0.05, 0) is 29.7 Å². The molecule has 23 heavy (non-hydrogen) atoms. The zero-order valence-electron chi connectivity index (χ0n) is 12.7. The highest BCUT2D eigenvalue weighted by Gasteiger charge is 2.01. The Balaban J connectivity index is 1.66. The van der Waals surface area contributed by atoms with E-state index in [9.17, 15) is 9.18 Å². The lowest BCUT2D eigenvalue weighted by Crippen LogP contribution is -2.24. The van der Waals surface area contributed by atoms with Gasteiger partial charge in [-0.25, -0.2) is 9.18 Å². The molecule has 0 radical (unpaired) electrons. The van der Waals surface area contributed by atoms with E-state index in [1.54, 1.807) is 12.1 Å². The minimum absolute atomic E-state index is 0.245. The first-order valence-corrected chi connectivity index (χ1v) is 7.31. The van der Waals surface area contributed by atoms with Gasteiger partial charge in [0.2, 0.25) is 0 Å². The third-order valence-corrected chi connectivity index (χ3v) is 3.14. The van der Waals surface area contributed by atoms with Crippen molar-refractivity contribution in [1.82, 2.24) is 5.32 Å². The van der Waals surface area contributed by atoms with Gasteiger partial charge in [0.15, 0.2) is 0 Å². The number of rotatable bonds is 6. The molecule has 0 saturated heterocycles. The average Bonchev–Trinajstić information content (AvgIpc) is 2.55. The molecule has 0 spiro atoms. The van der Waals surface area contributed by atoms with Crippen molar-refractivity contribution in [2.75, 3.05) is 12.3 Å². The van der Waals surface area contributed by atoms with E-state index in [-0.39, 0.29) is 12.4 Å². The summed E-state index contributed by atoms with van der Waals surface area (Å²) in [5.41, 5.74) is 7.77. The van der Waals surface area contributed by atoms with E-state index in [1.807, 2.05) is 36.4 Å². The number of ether oxygens (including phenoxy) is 1. The number of amides is 1. The summed E-state index contributed by atoms with van der Waals surface area (Å²) in [5.74, 6) is -0.359. The van der Waals surface area contributed by atoms with Crippen LogP contribution in [0.2, 0.25) is 0 Å². The van der Waals surface area contributed by atoms with Crippen LogP contribution < -0.4 is 11.1 Å². The fraction of sp³-hybridized carbons (Fsp3) is 0.167. The zero-order valence-corrected chi connectivity index (χ0v) is 12.7. The zero-order chi connectivity index (χ0) is 16.5. The number of carbonyl (C=O) groups excluding carboxylic acids is 1. The van der Waals surface area contributed by atoms with E-state index in [1.165, 1.54) is 12.1 Å². The molecule has 0 aliphatic heterocycles. The second kappa shape index (κ2) is 8.58. The fourth-order valence-corrected chi connectivity index (χ4v) is 1.94. The van der Waals surface area contributed by atoms with Crippen molar-refractivity contribution in [3.63, 3.8) is 0 Å². The van der Waals surface area contributed by atoms with Gasteiger partial charge in [0.1, 0.15) is 12.4 Å². The lowest BCUT2D eigenvalue weighted by molar-refractivity contribution is 0.140. The van der Waals surface area contributed by atoms with Crippen LogP contribution in [0.15, 0.2) is 54.6 Å². The van der Waals surface area contributed by atoms with Crippen molar-refractivity contribution in [2.24, 2.45) is 0 Å². The Morgan fingerprint density at radius 1 is 1.22 bits per heavy atom. The van der Waals surface area contributed by atoms with Gasteiger partial charge in [0.05, 0.1) is 0 Å². The van der Waals surface area contributed by atoms with Crippen LogP contribution in [0.3, 0.4) is 0 Å². The van der Waals surface area contributed by atoms with Crippen molar-refractivity contribution in [3.05, 3.63) is 71.6 Å². The molecule has 0 saturated carbocycles. The molecular weight excluding hydrogens is 295 g/mol. The highest BCUT2D eigenvalue weighted by atomic mass is 19.1. The number of nitrogen functional groups attached to an aromatic ring is 1. The largest absolute Gasteiger partial charge is 0.445 e. The Kier molecular flexibility index (Phi) is 6.17. The van der Waals surface area contributed by atoms with Crippen LogP contribution in [0.4, 0.5) is 14.9 Å². The van der Waals surface area contributed by atoms with Crippen LogP contribution in [-0.2, 0) is 11.3 Å². The van der Waals surface area contributed by atoms with Gasteiger partial charge in [-0.1, -0.05) is 48.6 Å². The van der Waals surface area contributed by atoms with Gasteiger partial charge in [0.25, 0.3) is 0 Å². The van der Waals surface area contributed by atoms with E-state index >= 15 is 0 Å². The Hall–Kier alpha value is -2.82. The van der Waals surface area contributed by atoms with Crippen molar-refractivity contribution < 1.29 is 13.9 Å². The van der Waals surface area contributed by atoms with E-state index in [0.29, 0.717) is 18.7 Å². The van der Waals surface area contributed by atoms with Crippen LogP contribution in [0.1, 0.15) is 17.5 Å². The SMILES string of the molecule is Nc1cc(F)ccc1C=CCCNC(=O)OCc1ccccc1. The number of benzene rings is 2. The minimum Gasteiger partial charge on any atom is -0.445 e. The standard InChI is InChI=1S/C18H19FN2O2/c19-16-10-9-15(17(20)12-16)8-4-5-11-21-18(22)23-13-14-6-2-1-3-7-14/h1-4,6-10,12H,5,11,13,20H2,(H,21,22). The normalized spacial score (nSPS) is 10.7. The van der Waals surface area contributed by atoms with Crippen molar-refractivity contribution in [2.45, 2.75) is 13.0 Å². The number of alkyl carbamates (subject to hydrolysis) is 1. The fourth-order valence-electron chi connectivity index (χ4n) is 1.94. The van der Waals surface area contributed by atoms with Gasteiger partial charge >= 0.3 is 6.09 Å². The third-order valence-electron chi connectivity index (χ3n) is 3.14. The quantitative estimate of drug-likeness (QED) is 0.630. The van der Waals surface area contributed by atoms with Gasteiger partial charge in [0, 0.05) is 12.2 Å². The molecule has 120 valence electrons. The second-order valence-electron chi connectivity index (χ2n) is 4.95. The predicted molar refractivity (Wildman–Crippen MR) is 89.1 cm³/mol. The number of nitrogens with one attached hydrogen (secondary N) is 1. The summed E-state index contributed by atoms with van der Waals surface area (Å²) in [4.78, 5) is 11.5. The highest BCUT2D eigenvalue weighted by molar-refractivity contribution is 5.67. The Bertz CT molecular complexity index is 672. The van der Waals surface area contributed by atoms with Gasteiger partial charge in [-0.3, -0.25) is 0 Å². The van der Waals surface area contributed by atoms with Crippen molar-refractivity contribution >= 4 is 17.9 Å². The first kappa shape index (κ1) is 16.5. The first-order valence-electron chi connectivity index (χ1n) is 7.31. The van der Waals surface area contributed by atoms with Crippen LogP contribution in [0, 0.1) is 5.82 Å². The second-order valence-corrected chi connectivity index (χ2v) is 4.95.